The standard InChI is InChI=1S/C13H8BrF3N2O2/c1-21-12(20)9-3-11-8(2-10(9)14)7(4-18)5-19(11)6-13(15,16)17/h2-3,5H,6H2,1H3. The second-order valence-electron chi connectivity index (χ2n) is 4.24. The molecule has 0 saturated carbocycles. The number of ether oxygens (including phenoxy) is 1. The second-order valence-corrected chi connectivity index (χ2v) is 5.09. The lowest BCUT2D eigenvalue weighted by Gasteiger charge is -2.10. The number of nitriles is 1. The Balaban J connectivity index is 2.71. The Bertz CT molecular complexity index is 759. The maximum absolute atomic E-state index is 12.6. The molecule has 0 atom stereocenters. The molecule has 0 amide bonds. The normalized spacial score (nSPS) is 11.4. The number of fused-ring (bicyclic) bond motifs is 1. The summed E-state index contributed by atoms with van der Waals surface area (Å²) in [4.78, 5) is 11.6. The second kappa shape index (κ2) is 5.41. The quantitative estimate of drug-likeness (QED) is 0.768. The van der Waals surface area contributed by atoms with Crippen molar-refractivity contribution >= 4 is 32.8 Å². The summed E-state index contributed by atoms with van der Waals surface area (Å²) in [6.07, 6.45) is -3.32. The number of carbonyl (C=O) groups is 1. The zero-order valence-electron chi connectivity index (χ0n) is 10.7. The van der Waals surface area contributed by atoms with Gasteiger partial charge in [-0.1, -0.05) is 0 Å². The number of carbonyl (C=O) groups excluding carboxylic acids is 1. The lowest BCUT2D eigenvalue weighted by atomic mass is 10.1. The maximum Gasteiger partial charge on any atom is 0.406 e. The highest BCUT2D eigenvalue weighted by Gasteiger charge is 2.29. The van der Waals surface area contributed by atoms with Gasteiger partial charge in [-0.3, -0.25) is 0 Å². The number of hydrogen-bond donors (Lipinski definition) is 0. The summed E-state index contributed by atoms with van der Waals surface area (Å²) in [6.45, 7) is -1.24. The summed E-state index contributed by atoms with van der Waals surface area (Å²) in [6, 6.07) is 4.55. The van der Waals surface area contributed by atoms with Gasteiger partial charge in [0.15, 0.2) is 0 Å². The van der Waals surface area contributed by atoms with Crippen LogP contribution in [0.1, 0.15) is 15.9 Å². The molecule has 0 radical (unpaired) electrons. The Labute approximate surface area is 125 Å². The molecule has 21 heavy (non-hydrogen) atoms. The van der Waals surface area contributed by atoms with Crippen molar-refractivity contribution in [2.75, 3.05) is 7.11 Å². The fourth-order valence-electron chi connectivity index (χ4n) is 1.99. The van der Waals surface area contributed by atoms with Crippen LogP contribution in [-0.2, 0) is 11.3 Å². The highest BCUT2D eigenvalue weighted by molar-refractivity contribution is 9.10. The largest absolute Gasteiger partial charge is 0.465 e. The molecule has 8 heteroatoms. The Kier molecular flexibility index (Phi) is 3.96. The van der Waals surface area contributed by atoms with Crippen molar-refractivity contribution < 1.29 is 22.7 Å². The summed E-state index contributed by atoms with van der Waals surface area (Å²) in [7, 11) is 1.18. The number of aromatic nitrogens is 1. The van der Waals surface area contributed by atoms with E-state index in [1.807, 2.05) is 6.07 Å². The van der Waals surface area contributed by atoms with Gasteiger partial charge in [0.05, 0.1) is 23.8 Å². The first-order valence-corrected chi connectivity index (χ1v) is 6.43. The maximum atomic E-state index is 12.6. The fraction of sp³-hybridized carbons (Fsp3) is 0.231. The van der Waals surface area contributed by atoms with Crippen molar-refractivity contribution in [3.05, 3.63) is 33.9 Å². The fourth-order valence-corrected chi connectivity index (χ4v) is 2.49. The molecule has 0 aliphatic rings. The predicted molar refractivity (Wildman–Crippen MR) is 71.7 cm³/mol. The van der Waals surface area contributed by atoms with E-state index < -0.39 is 18.7 Å². The molecule has 0 aliphatic heterocycles. The molecule has 1 aromatic heterocycles. The van der Waals surface area contributed by atoms with E-state index >= 15 is 0 Å². The number of methoxy groups -OCH3 is 1. The van der Waals surface area contributed by atoms with E-state index in [1.165, 1.54) is 19.2 Å². The number of benzene rings is 1. The van der Waals surface area contributed by atoms with E-state index in [-0.39, 0.29) is 16.6 Å². The molecular formula is C13H8BrF3N2O2. The third-order valence-corrected chi connectivity index (χ3v) is 3.50. The number of rotatable bonds is 2. The molecule has 1 heterocycles. The minimum atomic E-state index is -4.43. The molecule has 0 saturated heterocycles. The van der Waals surface area contributed by atoms with Crippen molar-refractivity contribution in [1.29, 1.82) is 5.26 Å². The number of alkyl halides is 3. The SMILES string of the molecule is COC(=O)c1cc2c(cc1Br)c(C#N)cn2CC(F)(F)F. The smallest absolute Gasteiger partial charge is 0.406 e. The molecule has 2 aromatic rings. The van der Waals surface area contributed by atoms with Crippen molar-refractivity contribution in [3.8, 4) is 6.07 Å². The number of hydrogen-bond acceptors (Lipinski definition) is 3. The van der Waals surface area contributed by atoms with E-state index in [4.69, 9.17) is 5.26 Å². The Morgan fingerprint density at radius 1 is 1.48 bits per heavy atom. The molecule has 0 N–H and O–H groups in total. The molecule has 0 bridgehead atoms. The average Bonchev–Trinajstić information content (AvgIpc) is 2.72. The monoisotopic (exact) mass is 360 g/mol. The van der Waals surface area contributed by atoms with Crippen LogP contribution < -0.4 is 0 Å². The van der Waals surface area contributed by atoms with Gasteiger partial charge in [0.25, 0.3) is 0 Å². The van der Waals surface area contributed by atoms with Crippen LogP contribution in [0.25, 0.3) is 10.9 Å². The molecule has 2 rings (SSSR count). The summed E-state index contributed by atoms with van der Waals surface area (Å²) in [5, 5.41) is 9.35. The van der Waals surface area contributed by atoms with Crippen LogP contribution in [0.4, 0.5) is 13.2 Å². The summed E-state index contributed by atoms with van der Waals surface area (Å²) in [5.74, 6) is -0.679. The van der Waals surface area contributed by atoms with Gasteiger partial charge in [-0.05, 0) is 28.1 Å². The number of halogens is 4. The summed E-state index contributed by atoms with van der Waals surface area (Å²) >= 11 is 3.15. The molecule has 110 valence electrons. The number of esters is 1. The Hall–Kier alpha value is -2.01. The van der Waals surface area contributed by atoms with Gasteiger partial charge in [-0.25, -0.2) is 4.79 Å². The van der Waals surface area contributed by atoms with Crippen molar-refractivity contribution in [2.45, 2.75) is 12.7 Å². The molecule has 0 spiro atoms. The lowest BCUT2D eigenvalue weighted by Crippen LogP contribution is -2.17. The van der Waals surface area contributed by atoms with Crippen LogP contribution >= 0.6 is 15.9 Å². The Morgan fingerprint density at radius 3 is 2.67 bits per heavy atom. The van der Waals surface area contributed by atoms with Gasteiger partial charge in [0.1, 0.15) is 12.6 Å². The molecular weight excluding hydrogens is 353 g/mol. The van der Waals surface area contributed by atoms with Crippen LogP contribution in [0.15, 0.2) is 22.8 Å². The van der Waals surface area contributed by atoms with Gasteiger partial charge in [-0.15, -0.1) is 0 Å². The van der Waals surface area contributed by atoms with Crippen LogP contribution in [0.5, 0.6) is 0 Å². The predicted octanol–water partition coefficient (Wildman–Crippen LogP) is 3.62. The van der Waals surface area contributed by atoms with Gasteiger partial charge in [0, 0.05) is 16.1 Å². The van der Waals surface area contributed by atoms with Crippen molar-refractivity contribution in [2.24, 2.45) is 0 Å². The van der Waals surface area contributed by atoms with Gasteiger partial charge >= 0.3 is 12.1 Å². The van der Waals surface area contributed by atoms with E-state index in [0.29, 0.717) is 9.86 Å². The van der Waals surface area contributed by atoms with E-state index in [9.17, 15) is 18.0 Å². The first-order chi connectivity index (χ1) is 9.76. The van der Waals surface area contributed by atoms with Crippen molar-refractivity contribution in [3.63, 3.8) is 0 Å². The van der Waals surface area contributed by atoms with Crippen LogP contribution in [0.2, 0.25) is 0 Å². The third-order valence-electron chi connectivity index (χ3n) is 2.85. The van der Waals surface area contributed by atoms with Gasteiger partial charge < -0.3 is 9.30 Å². The zero-order valence-corrected chi connectivity index (χ0v) is 12.2. The topological polar surface area (TPSA) is 55.0 Å². The number of nitrogens with zero attached hydrogens (tertiary/aromatic N) is 2. The minimum Gasteiger partial charge on any atom is -0.465 e. The third kappa shape index (κ3) is 3.03. The van der Waals surface area contributed by atoms with E-state index in [0.717, 1.165) is 10.8 Å². The minimum absolute atomic E-state index is 0.0935. The zero-order chi connectivity index (χ0) is 15.8. The van der Waals surface area contributed by atoms with Crippen LogP contribution in [0, 0.1) is 11.3 Å². The van der Waals surface area contributed by atoms with Gasteiger partial charge in [0.2, 0.25) is 0 Å². The van der Waals surface area contributed by atoms with Gasteiger partial charge in [-0.2, -0.15) is 18.4 Å². The lowest BCUT2D eigenvalue weighted by molar-refractivity contribution is -0.139. The van der Waals surface area contributed by atoms with Crippen LogP contribution in [0.3, 0.4) is 0 Å². The molecule has 0 unspecified atom stereocenters. The molecule has 1 aromatic carbocycles. The highest BCUT2D eigenvalue weighted by atomic mass is 79.9. The summed E-state index contributed by atoms with van der Waals surface area (Å²) < 4.78 is 43.6. The Morgan fingerprint density at radius 2 is 2.14 bits per heavy atom. The van der Waals surface area contributed by atoms with Crippen LogP contribution in [-0.4, -0.2) is 23.8 Å². The van der Waals surface area contributed by atoms with E-state index in [2.05, 4.69) is 20.7 Å². The van der Waals surface area contributed by atoms with Crippen molar-refractivity contribution in [1.82, 2.24) is 4.57 Å². The van der Waals surface area contributed by atoms with E-state index in [1.54, 1.807) is 0 Å². The molecule has 0 aliphatic carbocycles. The first kappa shape index (κ1) is 15.4. The molecule has 0 fully saturated rings. The molecule has 4 nitrogen and oxygen atoms in total. The highest BCUT2D eigenvalue weighted by Crippen LogP contribution is 2.30. The first-order valence-electron chi connectivity index (χ1n) is 5.64. The average molecular weight is 361 g/mol. The summed E-state index contributed by atoms with van der Waals surface area (Å²) in [5.41, 5.74) is 0.342.